The van der Waals surface area contributed by atoms with Gasteiger partial charge in [-0.2, -0.15) is 10.2 Å². The van der Waals surface area contributed by atoms with E-state index < -0.39 is 34.8 Å². The van der Waals surface area contributed by atoms with E-state index in [9.17, 15) is 23.8 Å². The summed E-state index contributed by atoms with van der Waals surface area (Å²) in [6.45, 7) is 6.47. The average molecular weight is 899 g/mol. The van der Waals surface area contributed by atoms with Crippen LogP contribution in [0.1, 0.15) is 73.4 Å². The molecule has 12 rings (SSSR count). The third kappa shape index (κ3) is 6.89. The molecule has 17 heteroatoms. The van der Waals surface area contributed by atoms with Gasteiger partial charge in [0.1, 0.15) is 23.0 Å². The van der Waals surface area contributed by atoms with Gasteiger partial charge in [-0.15, -0.1) is 0 Å². The second-order valence-electron chi connectivity index (χ2n) is 17.9. The van der Waals surface area contributed by atoms with E-state index in [0.717, 1.165) is 60.6 Å². The fourth-order valence-electron chi connectivity index (χ4n) is 10.5. The Labute approximate surface area is 375 Å². The normalized spacial score (nSPS) is 18.6. The Morgan fingerprint density at radius 1 is 0.742 bits per heavy atom. The van der Waals surface area contributed by atoms with Crippen LogP contribution in [0.25, 0.3) is 67.1 Å². The number of imidazole rings is 2. The Bertz CT molecular complexity index is 3240. The number of aromatic hydroxyl groups is 2. The maximum absolute atomic E-state index is 15.5. The van der Waals surface area contributed by atoms with Gasteiger partial charge in [0.25, 0.3) is 0 Å². The zero-order valence-corrected chi connectivity index (χ0v) is 36.2. The second kappa shape index (κ2) is 15.9. The van der Waals surface area contributed by atoms with Crippen LogP contribution in [0.2, 0.25) is 0 Å². The molecule has 0 unspecified atom stereocenters. The predicted octanol–water partition coefficient (Wildman–Crippen LogP) is 9.05. The highest BCUT2D eigenvalue weighted by molar-refractivity contribution is 5.96. The summed E-state index contributed by atoms with van der Waals surface area (Å²) >= 11 is 0. The molecule has 6 heterocycles. The minimum atomic E-state index is -0.753. The van der Waals surface area contributed by atoms with Gasteiger partial charge in [-0.25, -0.2) is 27.5 Å². The van der Waals surface area contributed by atoms with Gasteiger partial charge < -0.3 is 30.4 Å². The molecule has 2 aliphatic carbocycles. The van der Waals surface area contributed by atoms with E-state index in [-0.39, 0.29) is 11.3 Å². The molecule has 1 amide bonds. The number of aromatic amines is 4. The van der Waals surface area contributed by atoms with Crippen LogP contribution in [0.3, 0.4) is 0 Å². The summed E-state index contributed by atoms with van der Waals surface area (Å²) in [5.74, 6) is -1.46. The van der Waals surface area contributed by atoms with Crippen molar-refractivity contribution in [2.24, 2.45) is 11.3 Å². The molecule has 2 atom stereocenters. The Kier molecular flexibility index (Phi) is 10.0. The molecule has 0 bridgehead atoms. The zero-order chi connectivity index (χ0) is 45.6. The molecule has 8 aromatic rings. The van der Waals surface area contributed by atoms with E-state index >= 15 is 8.78 Å². The highest BCUT2D eigenvalue weighted by atomic mass is 19.1. The van der Waals surface area contributed by atoms with Crippen molar-refractivity contribution in [3.05, 3.63) is 106 Å². The van der Waals surface area contributed by atoms with Crippen LogP contribution >= 0.6 is 0 Å². The zero-order valence-electron chi connectivity index (χ0n) is 36.2. The summed E-state index contributed by atoms with van der Waals surface area (Å²) in [6.07, 6.45) is 6.93. The number of rotatable bonds is 7. The fraction of sp³-hybridized carbons (Fsp3) is 0.327. The number of nitrogens with zero attached hydrogens (tertiary/aromatic N) is 5. The Balaban J connectivity index is 0.000000150. The quantitative estimate of drug-likeness (QED) is 0.0772. The smallest absolute Gasteiger partial charge is 0.229 e. The van der Waals surface area contributed by atoms with Crippen molar-refractivity contribution < 1.29 is 32.6 Å². The molecule has 4 aliphatic rings. The Hall–Kier alpha value is -7.01. The van der Waals surface area contributed by atoms with E-state index in [0.29, 0.717) is 117 Å². The number of benzene rings is 4. The van der Waals surface area contributed by atoms with Crippen LogP contribution in [0.4, 0.5) is 17.6 Å². The van der Waals surface area contributed by atoms with Crippen LogP contribution in [-0.4, -0.2) is 74.4 Å². The minimum absolute atomic E-state index is 0.113. The maximum atomic E-state index is 15.5. The van der Waals surface area contributed by atoms with Gasteiger partial charge >= 0.3 is 0 Å². The summed E-state index contributed by atoms with van der Waals surface area (Å²) in [4.78, 5) is 31.0. The number of fused-ring (bicyclic) bond motifs is 5. The van der Waals surface area contributed by atoms with Crippen LogP contribution < -0.4 is 5.32 Å². The van der Waals surface area contributed by atoms with Crippen LogP contribution in [-0.2, 0) is 43.6 Å². The first-order valence-corrected chi connectivity index (χ1v) is 22.5. The van der Waals surface area contributed by atoms with Gasteiger partial charge in [-0.1, -0.05) is 20.3 Å². The third-order valence-corrected chi connectivity index (χ3v) is 14.1. The number of phenols is 2. The molecule has 2 fully saturated rings. The summed E-state index contributed by atoms with van der Waals surface area (Å²) in [5.41, 5.74) is 8.88. The van der Waals surface area contributed by atoms with Crippen molar-refractivity contribution in [3.63, 3.8) is 0 Å². The van der Waals surface area contributed by atoms with E-state index in [1.165, 1.54) is 42.8 Å². The van der Waals surface area contributed by atoms with Crippen LogP contribution in [0.5, 0.6) is 11.5 Å². The topological polar surface area (TPSA) is 188 Å². The number of hydrogen-bond acceptors (Lipinski definition) is 8. The van der Waals surface area contributed by atoms with E-state index in [2.05, 4.69) is 40.7 Å². The molecule has 4 aromatic heterocycles. The lowest BCUT2D eigenvalue weighted by Gasteiger charge is -2.29. The number of halogens is 4. The third-order valence-electron chi connectivity index (χ3n) is 14.1. The van der Waals surface area contributed by atoms with Crippen molar-refractivity contribution >= 4 is 27.7 Å². The molecule has 0 saturated heterocycles. The van der Waals surface area contributed by atoms with Crippen molar-refractivity contribution in [3.8, 4) is 56.8 Å². The van der Waals surface area contributed by atoms with Crippen LogP contribution in [0.15, 0.2) is 48.5 Å². The van der Waals surface area contributed by atoms with Crippen molar-refractivity contribution in [1.82, 2.24) is 50.5 Å². The number of carbonyl (C=O) groups excluding carboxylic acids is 1. The number of phenolic OH excluding ortho intramolecular Hbond substituents is 2. The first kappa shape index (κ1) is 41.7. The number of nitrogens with one attached hydrogen (secondary N) is 5. The summed E-state index contributed by atoms with van der Waals surface area (Å²) in [6, 6.07) is 11.4. The molecule has 338 valence electrons. The Morgan fingerprint density at radius 2 is 1.30 bits per heavy atom. The monoisotopic (exact) mass is 898 g/mol. The lowest BCUT2D eigenvalue weighted by atomic mass is 9.96. The largest absolute Gasteiger partial charge is 0.505 e. The molecule has 2 saturated carbocycles. The lowest BCUT2D eigenvalue weighted by molar-refractivity contribution is -0.138. The summed E-state index contributed by atoms with van der Waals surface area (Å²) < 4.78 is 58.7. The predicted molar refractivity (Wildman–Crippen MR) is 239 cm³/mol. The van der Waals surface area contributed by atoms with Gasteiger partial charge in [0.05, 0.1) is 56.5 Å². The lowest BCUT2D eigenvalue weighted by Crippen LogP contribution is -2.40. The molecule has 2 aliphatic heterocycles. The summed E-state index contributed by atoms with van der Waals surface area (Å²) in [7, 11) is 0. The van der Waals surface area contributed by atoms with Gasteiger partial charge in [0.2, 0.25) is 5.91 Å². The summed E-state index contributed by atoms with van der Waals surface area (Å²) in [5, 5.41) is 37.7. The van der Waals surface area contributed by atoms with Crippen LogP contribution in [0, 0.1) is 34.6 Å². The first-order chi connectivity index (χ1) is 31.9. The Morgan fingerprint density at radius 3 is 1.82 bits per heavy atom. The van der Waals surface area contributed by atoms with Crippen molar-refractivity contribution in [2.45, 2.75) is 78.3 Å². The highest BCUT2D eigenvalue weighted by Gasteiger charge is 2.63. The number of H-pyrrole nitrogens is 4. The number of aryl methyl sites for hydroxylation is 2. The van der Waals surface area contributed by atoms with Gasteiger partial charge in [-0.05, 0) is 120 Å². The SMILES string of the molecule is CCc1cc(O)c(F)cc1-c1cc(F)c2c(-c3nc4c([nH]3)CN(C(=O)[C@@]35CCC[C@@H]3C5)CC4)n[nH]c2c1.CCc1cc(O)c(F)cc1-c1cc(F)c2c(-c3nc4c([nH]3)CNCC4)n[nH]c2c1. The average Bonchev–Trinajstić information content (AvgIpc) is 3.99. The van der Waals surface area contributed by atoms with Crippen molar-refractivity contribution in [2.75, 3.05) is 13.1 Å². The van der Waals surface area contributed by atoms with Gasteiger partial charge in [0.15, 0.2) is 34.8 Å². The number of carbonyl (C=O) groups is 1. The van der Waals surface area contributed by atoms with Crippen molar-refractivity contribution in [1.29, 1.82) is 0 Å². The second-order valence-corrected chi connectivity index (χ2v) is 17.9. The molecule has 0 radical (unpaired) electrons. The minimum Gasteiger partial charge on any atom is -0.505 e. The maximum Gasteiger partial charge on any atom is 0.229 e. The molecule has 0 spiro atoms. The number of amides is 1. The standard InChI is InChI=1S/C28H27F2N5O2.C21H19F2N5O/c1-2-14-10-23(36)18(29)11-17(14)15-8-19(30)24-21(9-15)33-34-25(24)26-31-20-5-7-35(13-22(20)32-26)27(37)28-6-3-4-16(28)12-28;1-2-10-7-18(29)13(22)8-12(10)11-5-14(23)19-16(6-11)27-28-20(19)21-25-15-3-4-24-9-17(15)26-21/h8-11,16,36H,2-7,12-13H2,1H3,(H,31,32)(H,33,34);5-8,24,29H,2-4,9H2,1H3,(H,25,26)(H,27,28)/t16-,28-;/m1./s1. The van der Waals surface area contributed by atoms with Gasteiger partial charge in [-0.3, -0.25) is 15.0 Å². The van der Waals surface area contributed by atoms with E-state index in [1.807, 2.05) is 18.7 Å². The highest BCUT2D eigenvalue weighted by Crippen LogP contribution is 2.64. The molecule has 7 N–H and O–H groups in total. The van der Waals surface area contributed by atoms with E-state index in [4.69, 9.17) is 4.98 Å². The number of hydrogen-bond donors (Lipinski definition) is 7. The molecule has 4 aromatic carbocycles. The van der Waals surface area contributed by atoms with Gasteiger partial charge in [0, 0.05) is 32.5 Å². The molecule has 66 heavy (non-hydrogen) atoms. The molecular formula is C49H46F4N10O3. The first-order valence-electron chi connectivity index (χ1n) is 22.5. The number of aromatic nitrogens is 8. The molecular weight excluding hydrogens is 853 g/mol. The molecule has 13 nitrogen and oxygen atoms in total. The van der Waals surface area contributed by atoms with E-state index in [1.54, 1.807) is 12.1 Å². The fourth-order valence-corrected chi connectivity index (χ4v) is 10.5.